The lowest BCUT2D eigenvalue weighted by Crippen LogP contribution is -2.67. The third kappa shape index (κ3) is 1.40. The van der Waals surface area contributed by atoms with Crippen LogP contribution in [0, 0.1) is 5.41 Å². The van der Waals surface area contributed by atoms with Crippen molar-refractivity contribution in [1.29, 1.82) is 0 Å². The summed E-state index contributed by atoms with van der Waals surface area (Å²) >= 11 is 0. The fraction of sp³-hybridized carbons (Fsp3) is 1.00. The lowest BCUT2D eigenvalue weighted by atomic mass is 9.58. The lowest BCUT2D eigenvalue weighted by molar-refractivity contribution is -0.141. The van der Waals surface area contributed by atoms with Crippen molar-refractivity contribution in [1.82, 2.24) is 5.32 Å². The Balaban J connectivity index is 3.01. The Hall–Kier alpha value is -0.0800. The van der Waals surface area contributed by atoms with Crippen LogP contribution in [0.4, 0.5) is 0 Å². The summed E-state index contributed by atoms with van der Waals surface area (Å²) in [6.07, 6.45) is 3.36. The summed E-state index contributed by atoms with van der Waals surface area (Å²) in [5.74, 6) is 0. The standard InChI is InChI=1S/C11H23NO/c1-9(2)7-6-8-10(3,12-5)11(9,4)13/h12-13H,6-8H2,1-5H3. The van der Waals surface area contributed by atoms with Crippen molar-refractivity contribution in [3.05, 3.63) is 0 Å². The third-order valence-electron chi connectivity index (χ3n) is 4.42. The van der Waals surface area contributed by atoms with Crippen LogP contribution in [0.2, 0.25) is 0 Å². The summed E-state index contributed by atoms with van der Waals surface area (Å²) in [5.41, 5.74) is -0.773. The molecule has 1 aliphatic rings. The molecule has 13 heavy (non-hydrogen) atoms. The fourth-order valence-corrected chi connectivity index (χ4v) is 2.49. The summed E-state index contributed by atoms with van der Waals surface area (Å²) in [6.45, 7) is 8.39. The van der Waals surface area contributed by atoms with Gasteiger partial charge in [-0.15, -0.1) is 0 Å². The Kier molecular flexibility index (Phi) is 2.50. The molecule has 0 radical (unpaired) electrons. The highest BCUT2D eigenvalue weighted by Gasteiger charge is 2.54. The number of likely N-dealkylation sites (N-methyl/N-ethyl adjacent to an activating group) is 1. The molecule has 2 atom stereocenters. The van der Waals surface area contributed by atoms with Gasteiger partial charge in [-0.05, 0) is 39.2 Å². The monoisotopic (exact) mass is 185 g/mol. The Bertz CT molecular complexity index is 198. The molecule has 0 amide bonds. The summed E-state index contributed by atoms with van der Waals surface area (Å²) < 4.78 is 0. The zero-order valence-electron chi connectivity index (χ0n) is 9.57. The van der Waals surface area contributed by atoms with Crippen molar-refractivity contribution in [3.8, 4) is 0 Å². The van der Waals surface area contributed by atoms with Crippen LogP contribution in [0.25, 0.3) is 0 Å². The molecule has 1 saturated carbocycles. The van der Waals surface area contributed by atoms with Gasteiger partial charge in [-0.3, -0.25) is 0 Å². The molecule has 0 heterocycles. The normalized spacial score (nSPS) is 44.8. The van der Waals surface area contributed by atoms with Crippen LogP contribution >= 0.6 is 0 Å². The summed E-state index contributed by atoms with van der Waals surface area (Å²) in [4.78, 5) is 0. The SMILES string of the molecule is CNC1(C)CCCC(C)(C)C1(C)O. The highest BCUT2D eigenvalue weighted by Crippen LogP contribution is 2.48. The molecule has 1 rings (SSSR count). The summed E-state index contributed by atoms with van der Waals surface area (Å²) in [6, 6.07) is 0. The molecule has 0 spiro atoms. The summed E-state index contributed by atoms with van der Waals surface area (Å²) in [5, 5.41) is 13.8. The van der Waals surface area contributed by atoms with E-state index in [1.807, 2.05) is 14.0 Å². The van der Waals surface area contributed by atoms with Gasteiger partial charge in [-0.1, -0.05) is 20.3 Å². The predicted molar refractivity (Wildman–Crippen MR) is 55.7 cm³/mol. The van der Waals surface area contributed by atoms with Crippen molar-refractivity contribution in [3.63, 3.8) is 0 Å². The van der Waals surface area contributed by atoms with Crippen LogP contribution in [0.1, 0.15) is 47.0 Å². The zero-order valence-corrected chi connectivity index (χ0v) is 9.57. The van der Waals surface area contributed by atoms with Crippen LogP contribution in [0.3, 0.4) is 0 Å². The average Bonchev–Trinajstić information content (AvgIpc) is 2.01. The van der Waals surface area contributed by atoms with Crippen LogP contribution in [-0.2, 0) is 0 Å². The first-order valence-electron chi connectivity index (χ1n) is 5.18. The minimum Gasteiger partial charge on any atom is -0.388 e. The molecule has 2 N–H and O–H groups in total. The topological polar surface area (TPSA) is 32.3 Å². The van der Waals surface area contributed by atoms with Gasteiger partial charge >= 0.3 is 0 Å². The van der Waals surface area contributed by atoms with Gasteiger partial charge in [0.25, 0.3) is 0 Å². The van der Waals surface area contributed by atoms with E-state index < -0.39 is 5.60 Å². The lowest BCUT2D eigenvalue weighted by Gasteiger charge is -2.55. The van der Waals surface area contributed by atoms with E-state index >= 15 is 0 Å². The Morgan fingerprint density at radius 2 is 1.62 bits per heavy atom. The number of rotatable bonds is 1. The first-order chi connectivity index (χ1) is 5.77. The van der Waals surface area contributed by atoms with E-state index in [4.69, 9.17) is 0 Å². The highest BCUT2D eigenvalue weighted by molar-refractivity contribution is 5.09. The first kappa shape index (κ1) is 11.0. The number of nitrogens with one attached hydrogen (secondary N) is 1. The fourth-order valence-electron chi connectivity index (χ4n) is 2.49. The van der Waals surface area contributed by atoms with Gasteiger partial charge in [0, 0.05) is 5.54 Å². The molecule has 1 aliphatic carbocycles. The largest absolute Gasteiger partial charge is 0.388 e. The molecule has 0 aromatic rings. The number of hydrogen-bond donors (Lipinski definition) is 2. The van der Waals surface area contributed by atoms with E-state index in [0.717, 1.165) is 12.8 Å². The maximum Gasteiger partial charge on any atom is 0.0848 e. The van der Waals surface area contributed by atoms with Gasteiger partial charge in [-0.2, -0.15) is 0 Å². The van der Waals surface area contributed by atoms with Crippen molar-refractivity contribution in [2.45, 2.75) is 58.1 Å². The molecule has 2 heteroatoms. The molecule has 0 aromatic carbocycles. The van der Waals surface area contributed by atoms with Crippen LogP contribution in [0.5, 0.6) is 0 Å². The number of aliphatic hydroxyl groups is 1. The molecule has 1 fully saturated rings. The van der Waals surface area contributed by atoms with E-state index in [2.05, 4.69) is 26.1 Å². The van der Waals surface area contributed by atoms with Gasteiger partial charge in [0.05, 0.1) is 5.60 Å². The quantitative estimate of drug-likeness (QED) is 0.654. The van der Waals surface area contributed by atoms with Crippen molar-refractivity contribution < 1.29 is 5.11 Å². The van der Waals surface area contributed by atoms with Crippen molar-refractivity contribution >= 4 is 0 Å². The van der Waals surface area contributed by atoms with Crippen molar-refractivity contribution in [2.75, 3.05) is 7.05 Å². The average molecular weight is 185 g/mol. The van der Waals surface area contributed by atoms with Gasteiger partial charge in [0.1, 0.15) is 0 Å². The molecule has 0 aliphatic heterocycles. The van der Waals surface area contributed by atoms with Crippen molar-refractivity contribution in [2.24, 2.45) is 5.41 Å². The van der Waals surface area contributed by atoms with Crippen LogP contribution in [-0.4, -0.2) is 23.3 Å². The molecule has 2 unspecified atom stereocenters. The second kappa shape index (κ2) is 2.96. The van der Waals surface area contributed by atoms with E-state index in [1.54, 1.807) is 0 Å². The molecule has 0 saturated heterocycles. The third-order valence-corrected chi connectivity index (χ3v) is 4.42. The van der Waals surface area contributed by atoms with Gasteiger partial charge in [-0.25, -0.2) is 0 Å². The Labute approximate surface area is 81.7 Å². The smallest absolute Gasteiger partial charge is 0.0848 e. The van der Waals surface area contributed by atoms with E-state index in [9.17, 15) is 5.11 Å². The maximum atomic E-state index is 10.6. The van der Waals surface area contributed by atoms with Crippen LogP contribution in [0.15, 0.2) is 0 Å². The van der Waals surface area contributed by atoms with Crippen LogP contribution < -0.4 is 5.32 Å². The van der Waals surface area contributed by atoms with E-state index in [0.29, 0.717) is 0 Å². The Morgan fingerprint density at radius 1 is 1.08 bits per heavy atom. The maximum absolute atomic E-state index is 10.6. The minimum atomic E-state index is -0.632. The minimum absolute atomic E-state index is 0.00299. The number of hydrogen-bond acceptors (Lipinski definition) is 2. The molecule has 0 bridgehead atoms. The molecule has 2 nitrogen and oxygen atoms in total. The molecule has 78 valence electrons. The summed E-state index contributed by atoms with van der Waals surface area (Å²) in [7, 11) is 1.94. The molecule has 0 aromatic heterocycles. The predicted octanol–water partition coefficient (Wildman–Crippen LogP) is 1.93. The Morgan fingerprint density at radius 3 is 2.00 bits per heavy atom. The molecular weight excluding hydrogens is 162 g/mol. The second-order valence-corrected chi connectivity index (χ2v) is 5.39. The van der Waals surface area contributed by atoms with E-state index in [1.165, 1.54) is 6.42 Å². The van der Waals surface area contributed by atoms with Gasteiger partial charge in [0.2, 0.25) is 0 Å². The zero-order chi connectivity index (χ0) is 10.3. The first-order valence-corrected chi connectivity index (χ1v) is 5.18. The van der Waals surface area contributed by atoms with Gasteiger partial charge in [0.15, 0.2) is 0 Å². The highest BCUT2D eigenvalue weighted by atomic mass is 16.3. The molecular formula is C11H23NO. The van der Waals surface area contributed by atoms with E-state index in [-0.39, 0.29) is 11.0 Å². The second-order valence-electron chi connectivity index (χ2n) is 5.39. The van der Waals surface area contributed by atoms with Gasteiger partial charge < -0.3 is 10.4 Å².